The minimum absolute atomic E-state index is 0.438. The Labute approximate surface area is 87.0 Å². The molecule has 0 bridgehead atoms. The Morgan fingerprint density at radius 1 is 1.29 bits per heavy atom. The first-order valence-corrected chi connectivity index (χ1v) is 4.17. The van der Waals surface area contributed by atoms with Gasteiger partial charge in [0.15, 0.2) is 6.19 Å². The Balaban J connectivity index is 3.19. The number of hydrogen-bond donors (Lipinski definition) is 1. The Kier molecular flexibility index (Phi) is 3.43. The van der Waals surface area contributed by atoms with Crippen LogP contribution in [0.1, 0.15) is 0 Å². The van der Waals surface area contributed by atoms with Crippen LogP contribution in [0.15, 0.2) is 12.1 Å². The molecule has 0 fully saturated rings. The lowest BCUT2D eigenvalue weighted by Gasteiger charge is -2.09. The molecule has 0 aliphatic rings. The van der Waals surface area contributed by atoms with E-state index in [0.29, 0.717) is 22.2 Å². The summed E-state index contributed by atoms with van der Waals surface area (Å²) in [4.78, 5) is 0. The SMILES string of the molecule is COc1cc(NC#N)c(OC)cc1Cl. The van der Waals surface area contributed by atoms with Gasteiger partial charge in [0.05, 0.1) is 24.9 Å². The Bertz CT molecular complexity index is 374. The zero-order valence-electron chi connectivity index (χ0n) is 7.80. The minimum atomic E-state index is 0.438. The normalized spacial score (nSPS) is 9.00. The fourth-order valence-corrected chi connectivity index (χ4v) is 1.25. The minimum Gasteiger partial charge on any atom is -0.495 e. The van der Waals surface area contributed by atoms with Crippen molar-refractivity contribution in [3.8, 4) is 17.7 Å². The Morgan fingerprint density at radius 3 is 2.43 bits per heavy atom. The van der Waals surface area contributed by atoms with E-state index in [1.54, 1.807) is 18.3 Å². The average molecular weight is 213 g/mol. The van der Waals surface area contributed by atoms with E-state index >= 15 is 0 Å². The number of hydrogen-bond acceptors (Lipinski definition) is 4. The van der Waals surface area contributed by atoms with Crippen molar-refractivity contribution in [2.24, 2.45) is 0 Å². The number of nitrogens with one attached hydrogen (secondary N) is 1. The molecule has 1 rings (SSSR count). The van der Waals surface area contributed by atoms with Gasteiger partial charge in [-0.3, -0.25) is 5.32 Å². The molecule has 0 saturated carbocycles. The van der Waals surface area contributed by atoms with E-state index in [4.69, 9.17) is 26.3 Å². The van der Waals surface area contributed by atoms with Gasteiger partial charge in [0.1, 0.15) is 11.5 Å². The number of rotatable bonds is 3. The van der Waals surface area contributed by atoms with Gasteiger partial charge in [0.25, 0.3) is 0 Å². The fraction of sp³-hybridized carbons (Fsp3) is 0.222. The smallest absolute Gasteiger partial charge is 0.181 e. The summed E-state index contributed by atoms with van der Waals surface area (Å²) in [6.07, 6.45) is 1.80. The van der Waals surface area contributed by atoms with E-state index in [1.807, 2.05) is 0 Å². The van der Waals surface area contributed by atoms with Crippen molar-refractivity contribution >= 4 is 17.3 Å². The summed E-state index contributed by atoms with van der Waals surface area (Å²) in [5.74, 6) is 0.988. The van der Waals surface area contributed by atoms with Gasteiger partial charge in [-0.2, -0.15) is 5.26 Å². The molecule has 0 radical (unpaired) electrons. The van der Waals surface area contributed by atoms with Gasteiger partial charge >= 0.3 is 0 Å². The second kappa shape index (κ2) is 4.58. The monoisotopic (exact) mass is 212 g/mol. The first kappa shape index (κ1) is 10.5. The van der Waals surface area contributed by atoms with Crippen molar-refractivity contribution < 1.29 is 9.47 Å². The predicted molar refractivity (Wildman–Crippen MR) is 53.8 cm³/mol. The Hall–Kier alpha value is -1.60. The van der Waals surface area contributed by atoms with Crippen LogP contribution in [0.3, 0.4) is 0 Å². The maximum atomic E-state index is 8.48. The molecule has 0 unspecified atom stereocenters. The van der Waals surface area contributed by atoms with Crippen molar-refractivity contribution in [3.63, 3.8) is 0 Å². The molecule has 5 heteroatoms. The third-order valence-electron chi connectivity index (χ3n) is 1.66. The first-order chi connectivity index (χ1) is 6.72. The van der Waals surface area contributed by atoms with Gasteiger partial charge in [0, 0.05) is 12.1 Å². The fourth-order valence-electron chi connectivity index (χ4n) is 1.02. The van der Waals surface area contributed by atoms with Crippen molar-refractivity contribution in [3.05, 3.63) is 17.2 Å². The van der Waals surface area contributed by atoms with Gasteiger partial charge in [-0.15, -0.1) is 0 Å². The zero-order valence-corrected chi connectivity index (χ0v) is 8.55. The molecule has 4 nitrogen and oxygen atoms in total. The molecule has 0 aromatic heterocycles. The van der Waals surface area contributed by atoms with Crippen LogP contribution in [-0.4, -0.2) is 14.2 Å². The van der Waals surface area contributed by atoms with Crippen LogP contribution in [0.25, 0.3) is 0 Å². The molecular formula is C9H9ClN2O2. The number of benzene rings is 1. The van der Waals surface area contributed by atoms with Crippen LogP contribution >= 0.6 is 11.6 Å². The molecule has 1 N–H and O–H groups in total. The maximum Gasteiger partial charge on any atom is 0.181 e. The summed E-state index contributed by atoms with van der Waals surface area (Å²) in [6, 6.07) is 3.18. The third kappa shape index (κ3) is 2.01. The lowest BCUT2D eigenvalue weighted by molar-refractivity contribution is 0.405. The van der Waals surface area contributed by atoms with Gasteiger partial charge in [0.2, 0.25) is 0 Å². The van der Waals surface area contributed by atoms with Crippen LogP contribution in [-0.2, 0) is 0 Å². The topological polar surface area (TPSA) is 54.3 Å². The third-order valence-corrected chi connectivity index (χ3v) is 1.96. The lowest BCUT2D eigenvalue weighted by Crippen LogP contribution is -1.95. The van der Waals surface area contributed by atoms with Crippen LogP contribution in [0.5, 0.6) is 11.5 Å². The van der Waals surface area contributed by atoms with Gasteiger partial charge < -0.3 is 9.47 Å². The summed E-state index contributed by atoms with van der Waals surface area (Å²) in [7, 11) is 3.00. The van der Waals surface area contributed by atoms with E-state index in [0.717, 1.165) is 0 Å². The molecular weight excluding hydrogens is 204 g/mol. The van der Waals surface area contributed by atoms with Crippen LogP contribution in [0.2, 0.25) is 5.02 Å². The molecule has 14 heavy (non-hydrogen) atoms. The first-order valence-electron chi connectivity index (χ1n) is 3.79. The summed E-state index contributed by atoms with van der Waals surface area (Å²) in [5, 5.41) is 11.4. The number of anilines is 1. The van der Waals surface area contributed by atoms with Crippen LogP contribution in [0.4, 0.5) is 5.69 Å². The van der Waals surface area contributed by atoms with Crippen molar-refractivity contribution in [2.45, 2.75) is 0 Å². The number of halogens is 1. The lowest BCUT2D eigenvalue weighted by atomic mass is 10.2. The molecule has 0 heterocycles. The quantitative estimate of drug-likeness (QED) is 0.617. The van der Waals surface area contributed by atoms with Crippen LogP contribution < -0.4 is 14.8 Å². The summed E-state index contributed by atoms with van der Waals surface area (Å²) < 4.78 is 10.0. The van der Waals surface area contributed by atoms with E-state index in [-0.39, 0.29) is 0 Å². The van der Waals surface area contributed by atoms with E-state index < -0.39 is 0 Å². The molecule has 1 aromatic carbocycles. The van der Waals surface area contributed by atoms with E-state index in [1.165, 1.54) is 14.2 Å². The number of nitrogens with zero attached hydrogens (tertiary/aromatic N) is 1. The summed E-state index contributed by atoms with van der Waals surface area (Å²) in [5.41, 5.74) is 0.524. The van der Waals surface area contributed by atoms with Crippen LogP contribution in [0, 0.1) is 11.5 Å². The van der Waals surface area contributed by atoms with Gasteiger partial charge in [-0.25, -0.2) is 0 Å². The average Bonchev–Trinajstić information content (AvgIpc) is 2.20. The highest BCUT2D eigenvalue weighted by Crippen LogP contribution is 2.35. The van der Waals surface area contributed by atoms with E-state index in [9.17, 15) is 0 Å². The highest BCUT2D eigenvalue weighted by atomic mass is 35.5. The summed E-state index contributed by atoms with van der Waals surface area (Å²) in [6.45, 7) is 0. The molecule has 1 aromatic rings. The molecule has 0 amide bonds. The number of nitriles is 1. The Morgan fingerprint density at radius 2 is 1.93 bits per heavy atom. The van der Waals surface area contributed by atoms with Gasteiger partial charge in [-0.1, -0.05) is 11.6 Å². The zero-order chi connectivity index (χ0) is 10.6. The molecule has 0 saturated heterocycles. The second-order valence-corrected chi connectivity index (χ2v) is 2.83. The predicted octanol–water partition coefficient (Wildman–Crippen LogP) is 2.25. The standard InChI is InChI=1S/C9H9ClN2O2/c1-13-8-4-7(12-5-11)9(14-2)3-6(8)10/h3-4,12H,1-2H3. The largest absolute Gasteiger partial charge is 0.495 e. The summed E-state index contributed by atoms with van der Waals surface area (Å²) >= 11 is 5.86. The van der Waals surface area contributed by atoms with Gasteiger partial charge in [-0.05, 0) is 0 Å². The van der Waals surface area contributed by atoms with Crippen molar-refractivity contribution in [1.29, 1.82) is 5.26 Å². The molecule has 0 atom stereocenters. The maximum absolute atomic E-state index is 8.48. The second-order valence-electron chi connectivity index (χ2n) is 2.42. The molecule has 0 aliphatic heterocycles. The highest BCUT2D eigenvalue weighted by molar-refractivity contribution is 6.32. The molecule has 74 valence electrons. The number of ether oxygens (including phenoxy) is 2. The van der Waals surface area contributed by atoms with Crippen molar-refractivity contribution in [2.75, 3.05) is 19.5 Å². The molecule has 0 aliphatic carbocycles. The molecule has 0 spiro atoms. The van der Waals surface area contributed by atoms with E-state index in [2.05, 4.69) is 5.32 Å². The highest BCUT2D eigenvalue weighted by Gasteiger charge is 2.08. The number of methoxy groups -OCH3 is 2. The van der Waals surface area contributed by atoms with Crippen molar-refractivity contribution in [1.82, 2.24) is 0 Å².